The number of fused-ring (bicyclic) bond motifs is 4. The summed E-state index contributed by atoms with van der Waals surface area (Å²) < 4.78 is 87.6. The number of carbonyl (C=O) groups is 4. The maximum atomic E-state index is 13.9. The number of H-pyrrole nitrogens is 1. The fraction of sp³-hybridized carbons (Fsp3) is 0.600. The van der Waals surface area contributed by atoms with Crippen LogP contribution >= 0.6 is 15.2 Å². The van der Waals surface area contributed by atoms with Crippen molar-refractivity contribution in [3.05, 3.63) is 41.5 Å². The predicted octanol–water partition coefficient (Wildman–Crippen LogP) is -1.65. The Morgan fingerprint density at radius 1 is 0.740 bits per heavy atom. The van der Waals surface area contributed by atoms with Gasteiger partial charge >= 0.3 is 15.2 Å². The van der Waals surface area contributed by atoms with E-state index >= 15 is 0 Å². The number of hydrogen-bond acceptors (Lipinski definition) is 25. The third-order valence-electron chi connectivity index (χ3n) is 11.4. The fourth-order valence-corrected chi connectivity index (χ4v) is 10.3. The lowest BCUT2D eigenvalue weighted by molar-refractivity contribution is -0.137. The topological polar surface area (TPSA) is 396 Å². The van der Waals surface area contributed by atoms with E-state index in [-0.39, 0.29) is 92.4 Å². The van der Waals surface area contributed by atoms with Gasteiger partial charge in [-0.25, -0.2) is 19.9 Å². The number of carbonyl (C=O) groups excluding carboxylic acids is 4. The van der Waals surface area contributed by atoms with Crippen molar-refractivity contribution in [1.82, 2.24) is 49.3 Å². The number of rotatable bonds is 21. The third kappa shape index (κ3) is 13.2. The molecule has 0 aliphatic carbocycles. The number of imide groups is 1. The number of aliphatic hydroxyl groups excluding tert-OH is 2. The van der Waals surface area contributed by atoms with Crippen LogP contribution in [-0.4, -0.2) is 207 Å². The van der Waals surface area contributed by atoms with Gasteiger partial charge in [0.2, 0.25) is 17.8 Å². The van der Waals surface area contributed by atoms with Gasteiger partial charge < -0.3 is 64.0 Å². The molecule has 398 valence electrons. The SMILES string of the molecule is CP1(=O)OC[C@H]2O[C@@H](n3cnc4c(=O)[nH]c(N)nc43)C(O)[C@H]2OP(C)(=O)OC[C@H]2O[C@@H](n3cnc4c(NC(=O)CCOCCOCCOCCOCCNC(=O)CCN5C(=O)C=CC5=O)ncnc43)[C@@H](O)C2O1. The van der Waals surface area contributed by atoms with Crippen LogP contribution in [0.1, 0.15) is 25.3 Å². The van der Waals surface area contributed by atoms with Crippen molar-refractivity contribution in [3.8, 4) is 0 Å². The van der Waals surface area contributed by atoms with Gasteiger partial charge in [0.05, 0.1) is 85.1 Å². The van der Waals surface area contributed by atoms with E-state index in [1.807, 2.05) is 0 Å². The Morgan fingerprint density at radius 3 is 1.86 bits per heavy atom. The van der Waals surface area contributed by atoms with Gasteiger partial charge in [-0.15, -0.1) is 0 Å². The molecular formula is C40H54N12O19P2. The molecule has 8 rings (SSSR count). The molecule has 10 atom stereocenters. The van der Waals surface area contributed by atoms with Crippen LogP contribution in [0.2, 0.25) is 0 Å². The lowest BCUT2D eigenvalue weighted by Gasteiger charge is -2.29. The molecule has 0 aromatic carbocycles. The summed E-state index contributed by atoms with van der Waals surface area (Å²) in [6.07, 6.45) is -5.14. The molecule has 4 amide bonds. The number of ether oxygens (including phenoxy) is 6. The number of aromatic nitrogens is 8. The summed E-state index contributed by atoms with van der Waals surface area (Å²) in [6.45, 7) is 3.47. The lowest BCUT2D eigenvalue weighted by Crippen LogP contribution is -2.39. The molecule has 4 aliphatic rings. The van der Waals surface area contributed by atoms with E-state index in [1.54, 1.807) is 0 Å². The standard InChI is InChI=1S/C40H54N12O19P2/c1-72(60)67-18-23-33(31(58)39(69-23)52-21-46-29-36(52)48-40(41)49-37(29)59)71-73(2,61)66-17-22-32(70-72)30(57)38(68-22)51-20-45-28-34(43-19-44-35(28)51)47-25(54)6-9-62-11-13-64-15-16-65-14-12-63-10-7-42-24(53)5-8-50-26(55)3-4-27(50)56/h3-4,19-23,30-33,38-39,57-58H,5-18H2,1-2H3,(H,42,53)(H3,41,48,49,59)(H,43,44,47,54)/t22-,23-,30+,31?,32?,33+,38-,39-,72?,73?/m1/s1. The zero-order valence-electron chi connectivity index (χ0n) is 39.3. The number of amides is 4. The lowest BCUT2D eigenvalue weighted by atomic mass is 10.1. The molecule has 7 N–H and O–H groups in total. The first kappa shape index (κ1) is 53.8. The highest BCUT2D eigenvalue weighted by molar-refractivity contribution is 7.53. The second kappa shape index (κ2) is 23.8. The number of nitrogen functional groups attached to an aromatic ring is 1. The predicted molar refractivity (Wildman–Crippen MR) is 246 cm³/mol. The molecule has 31 nitrogen and oxygen atoms in total. The van der Waals surface area contributed by atoms with Gasteiger partial charge in [0.15, 0.2) is 40.6 Å². The van der Waals surface area contributed by atoms with Gasteiger partial charge in [0, 0.05) is 45.0 Å². The molecule has 0 spiro atoms. The second-order valence-corrected chi connectivity index (χ2v) is 20.7. The summed E-state index contributed by atoms with van der Waals surface area (Å²) in [6, 6.07) is 0. The van der Waals surface area contributed by atoms with E-state index in [0.29, 0.717) is 26.4 Å². The van der Waals surface area contributed by atoms with Crippen molar-refractivity contribution >= 4 is 72.9 Å². The van der Waals surface area contributed by atoms with Crippen LogP contribution < -0.4 is 21.9 Å². The quantitative estimate of drug-likeness (QED) is 0.0309. The number of hydrogen-bond donors (Lipinski definition) is 6. The molecule has 3 fully saturated rings. The van der Waals surface area contributed by atoms with E-state index in [2.05, 4.69) is 40.5 Å². The van der Waals surface area contributed by atoms with E-state index < -0.39 is 101 Å². The normalized spacial score (nSPS) is 28.6. The van der Waals surface area contributed by atoms with Gasteiger partial charge in [0.1, 0.15) is 43.0 Å². The van der Waals surface area contributed by atoms with E-state index in [1.165, 1.54) is 28.1 Å². The molecule has 4 aliphatic heterocycles. The summed E-state index contributed by atoms with van der Waals surface area (Å²) in [4.78, 5) is 84.5. The first-order valence-corrected chi connectivity index (χ1v) is 26.8. The second-order valence-electron chi connectivity index (χ2n) is 16.7. The first-order valence-electron chi connectivity index (χ1n) is 22.8. The fourth-order valence-electron chi connectivity index (χ4n) is 7.94. The molecule has 73 heavy (non-hydrogen) atoms. The highest BCUT2D eigenvalue weighted by Gasteiger charge is 2.53. The van der Waals surface area contributed by atoms with Crippen LogP contribution in [0.5, 0.6) is 0 Å². The number of anilines is 2. The van der Waals surface area contributed by atoms with Gasteiger partial charge in [-0.3, -0.25) is 61.2 Å². The Balaban J connectivity index is 0.752. The molecular weight excluding hydrogens is 1010 g/mol. The Morgan fingerprint density at radius 2 is 1.27 bits per heavy atom. The molecule has 33 heteroatoms. The van der Waals surface area contributed by atoms with Crippen LogP contribution in [0.15, 0.2) is 35.9 Å². The molecule has 3 saturated heterocycles. The smallest absolute Gasteiger partial charge is 0.328 e. The van der Waals surface area contributed by atoms with Crippen molar-refractivity contribution in [2.75, 3.05) is 104 Å². The minimum absolute atomic E-state index is 0.00133. The van der Waals surface area contributed by atoms with Crippen LogP contribution in [0.3, 0.4) is 0 Å². The minimum Gasteiger partial charge on any atom is -0.386 e. The highest BCUT2D eigenvalue weighted by atomic mass is 31.2. The van der Waals surface area contributed by atoms with E-state index in [0.717, 1.165) is 30.4 Å². The van der Waals surface area contributed by atoms with Crippen molar-refractivity contribution in [2.24, 2.45) is 0 Å². The summed E-state index contributed by atoms with van der Waals surface area (Å²) in [5.74, 6) is -1.80. The average molecular weight is 1070 g/mol. The maximum absolute atomic E-state index is 13.9. The average Bonchev–Trinajstić information content (AvgIpc) is 4.16. The maximum Gasteiger partial charge on any atom is 0.328 e. The molecule has 4 unspecified atom stereocenters. The molecule has 4 aromatic rings. The Kier molecular flexibility index (Phi) is 17.5. The first-order chi connectivity index (χ1) is 35.0. The van der Waals surface area contributed by atoms with Crippen molar-refractivity contribution in [3.63, 3.8) is 0 Å². The van der Waals surface area contributed by atoms with Crippen LogP contribution in [0, 0.1) is 0 Å². The van der Waals surface area contributed by atoms with Crippen molar-refractivity contribution < 1.29 is 85.0 Å². The van der Waals surface area contributed by atoms with Crippen molar-refractivity contribution in [1.29, 1.82) is 0 Å². The summed E-state index contributed by atoms with van der Waals surface area (Å²) >= 11 is 0. The Hall–Kier alpha value is -5.50. The van der Waals surface area contributed by atoms with Crippen molar-refractivity contribution in [2.45, 2.75) is 61.9 Å². The number of nitrogens with zero attached hydrogens (tertiary/aromatic N) is 8. The van der Waals surface area contributed by atoms with Gasteiger partial charge in [-0.2, -0.15) is 4.98 Å². The number of aromatic amines is 1. The minimum atomic E-state index is -4.11. The summed E-state index contributed by atoms with van der Waals surface area (Å²) in [5, 5.41) is 28.4. The highest BCUT2D eigenvalue weighted by Crippen LogP contribution is 2.54. The van der Waals surface area contributed by atoms with Gasteiger partial charge in [-0.05, 0) is 0 Å². The molecule has 0 radical (unpaired) electrons. The molecule has 0 saturated carbocycles. The molecule has 8 heterocycles. The van der Waals surface area contributed by atoms with Gasteiger partial charge in [0.25, 0.3) is 17.4 Å². The monoisotopic (exact) mass is 1070 g/mol. The largest absolute Gasteiger partial charge is 0.386 e. The van der Waals surface area contributed by atoms with Gasteiger partial charge in [-0.1, -0.05) is 0 Å². The summed E-state index contributed by atoms with van der Waals surface area (Å²) in [7, 11) is -8.21. The van der Waals surface area contributed by atoms with Crippen LogP contribution in [0.4, 0.5) is 11.8 Å². The number of nitrogens with two attached hydrogens (primary N) is 1. The van der Waals surface area contributed by atoms with E-state index in [9.17, 15) is 43.3 Å². The molecule has 4 aromatic heterocycles. The zero-order valence-corrected chi connectivity index (χ0v) is 41.1. The van der Waals surface area contributed by atoms with Crippen LogP contribution in [0.25, 0.3) is 22.3 Å². The Bertz CT molecular complexity index is 2810. The number of imidazole rings is 2. The van der Waals surface area contributed by atoms with Crippen LogP contribution in [-0.2, 0) is 74.8 Å². The Labute approximate surface area is 413 Å². The number of aliphatic hydroxyl groups is 2. The molecule has 0 bridgehead atoms. The summed E-state index contributed by atoms with van der Waals surface area (Å²) in [5.41, 5.74) is 5.25. The zero-order chi connectivity index (χ0) is 51.9. The van der Waals surface area contributed by atoms with E-state index in [4.69, 9.17) is 52.2 Å². The number of nitrogens with one attached hydrogen (secondary N) is 3. The third-order valence-corrected chi connectivity index (χ3v) is 13.9.